The highest BCUT2D eigenvalue weighted by molar-refractivity contribution is 5.99. The minimum Gasteiger partial charge on any atom is -0.465 e. The molecule has 0 bridgehead atoms. The maximum absolute atomic E-state index is 12.2. The Kier molecular flexibility index (Phi) is 5.61. The molecule has 1 aromatic rings. The molecule has 1 aromatic carbocycles. The van der Waals surface area contributed by atoms with Crippen LogP contribution in [0.2, 0.25) is 0 Å². The fourth-order valence-corrected chi connectivity index (χ4v) is 3.24. The molecule has 0 radical (unpaired) electrons. The zero-order chi connectivity index (χ0) is 17.0. The molecule has 0 spiro atoms. The summed E-state index contributed by atoms with van der Waals surface area (Å²) in [6.45, 7) is 8.72. The van der Waals surface area contributed by atoms with Crippen molar-refractivity contribution in [3.8, 4) is 0 Å². The summed E-state index contributed by atoms with van der Waals surface area (Å²) in [5, 5.41) is 0. The van der Waals surface area contributed by atoms with Crippen LogP contribution >= 0.6 is 0 Å². The fraction of sp³-hybridized carbons (Fsp3) is 0.600. The van der Waals surface area contributed by atoms with Crippen LogP contribution in [0.25, 0.3) is 0 Å². The highest BCUT2D eigenvalue weighted by Crippen LogP contribution is 2.34. The molecule has 3 heteroatoms. The SMILES string of the molecule is CCOC(=O)C1CC[C@@H](c2ccc(C(C)(C)C)cc2)CCC1=O. The van der Waals surface area contributed by atoms with Crippen molar-refractivity contribution in [3.05, 3.63) is 35.4 Å². The molecular weight excluding hydrogens is 288 g/mol. The van der Waals surface area contributed by atoms with Crippen LogP contribution in [0, 0.1) is 5.92 Å². The van der Waals surface area contributed by atoms with Crippen LogP contribution in [0.15, 0.2) is 24.3 Å². The summed E-state index contributed by atoms with van der Waals surface area (Å²) in [6, 6.07) is 8.73. The van der Waals surface area contributed by atoms with Gasteiger partial charge in [0.05, 0.1) is 6.61 Å². The quantitative estimate of drug-likeness (QED) is 0.472. The second-order valence-electron chi connectivity index (χ2n) is 7.46. The van der Waals surface area contributed by atoms with Crippen LogP contribution in [0.1, 0.15) is 70.4 Å². The lowest BCUT2D eigenvalue weighted by atomic mass is 9.84. The first-order valence-electron chi connectivity index (χ1n) is 8.62. The number of Topliss-reactive ketones (excluding diaryl/α,β-unsaturated/α-hetero) is 1. The molecule has 1 aliphatic carbocycles. The molecule has 23 heavy (non-hydrogen) atoms. The van der Waals surface area contributed by atoms with Gasteiger partial charge < -0.3 is 4.74 Å². The number of hydrogen-bond donors (Lipinski definition) is 0. The van der Waals surface area contributed by atoms with Crippen molar-refractivity contribution < 1.29 is 14.3 Å². The Hall–Kier alpha value is -1.64. The van der Waals surface area contributed by atoms with E-state index in [2.05, 4.69) is 45.0 Å². The van der Waals surface area contributed by atoms with E-state index in [1.165, 1.54) is 11.1 Å². The summed E-state index contributed by atoms with van der Waals surface area (Å²) >= 11 is 0. The second kappa shape index (κ2) is 7.29. The van der Waals surface area contributed by atoms with Crippen molar-refractivity contribution in [1.82, 2.24) is 0 Å². The van der Waals surface area contributed by atoms with E-state index in [1.54, 1.807) is 6.92 Å². The zero-order valence-electron chi connectivity index (χ0n) is 14.7. The first-order valence-corrected chi connectivity index (χ1v) is 8.62. The molecule has 2 atom stereocenters. The molecule has 0 amide bonds. The smallest absolute Gasteiger partial charge is 0.316 e. The van der Waals surface area contributed by atoms with Crippen molar-refractivity contribution in [2.45, 2.75) is 64.7 Å². The van der Waals surface area contributed by atoms with Crippen LogP contribution in [0.4, 0.5) is 0 Å². The molecule has 0 N–H and O–H groups in total. The van der Waals surface area contributed by atoms with Gasteiger partial charge in [0.1, 0.15) is 11.7 Å². The topological polar surface area (TPSA) is 43.4 Å². The summed E-state index contributed by atoms with van der Waals surface area (Å²) < 4.78 is 5.04. The minimum absolute atomic E-state index is 0.0391. The Morgan fingerprint density at radius 2 is 1.78 bits per heavy atom. The van der Waals surface area contributed by atoms with Gasteiger partial charge in [-0.25, -0.2) is 0 Å². The number of benzene rings is 1. The van der Waals surface area contributed by atoms with Crippen LogP contribution in [0.5, 0.6) is 0 Å². The molecule has 1 fully saturated rings. The number of ketones is 1. The molecule has 0 heterocycles. The molecule has 1 aliphatic rings. The third kappa shape index (κ3) is 4.43. The van der Waals surface area contributed by atoms with E-state index < -0.39 is 5.92 Å². The van der Waals surface area contributed by atoms with Gasteiger partial charge in [-0.2, -0.15) is 0 Å². The molecule has 1 saturated carbocycles. The highest BCUT2D eigenvalue weighted by atomic mass is 16.5. The van der Waals surface area contributed by atoms with Gasteiger partial charge in [0.2, 0.25) is 0 Å². The Morgan fingerprint density at radius 1 is 1.13 bits per heavy atom. The van der Waals surface area contributed by atoms with Crippen molar-refractivity contribution in [3.63, 3.8) is 0 Å². The van der Waals surface area contributed by atoms with Gasteiger partial charge in [-0.1, -0.05) is 45.0 Å². The molecule has 126 valence electrons. The lowest BCUT2D eigenvalue weighted by Gasteiger charge is -2.21. The first-order chi connectivity index (χ1) is 10.8. The standard InChI is InChI=1S/C20H28O3/c1-5-23-19(22)17-12-8-15(9-13-18(17)21)14-6-10-16(11-7-14)20(2,3)4/h6-7,10-11,15,17H,5,8-9,12-13H2,1-4H3/t15-,17?/m1/s1. The maximum atomic E-state index is 12.2. The number of carbonyl (C=O) groups is 2. The minimum atomic E-state index is -0.561. The van der Waals surface area contributed by atoms with Gasteiger partial charge >= 0.3 is 5.97 Å². The van der Waals surface area contributed by atoms with E-state index in [-0.39, 0.29) is 17.2 Å². The second-order valence-corrected chi connectivity index (χ2v) is 7.46. The van der Waals surface area contributed by atoms with E-state index in [0.29, 0.717) is 25.4 Å². The highest BCUT2D eigenvalue weighted by Gasteiger charge is 2.32. The maximum Gasteiger partial charge on any atom is 0.316 e. The number of ether oxygens (including phenoxy) is 1. The molecule has 3 nitrogen and oxygen atoms in total. The normalized spacial score (nSPS) is 22.5. The third-order valence-corrected chi connectivity index (χ3v) is 4.75. The average molecular weight is 316 g/mol. The molecule has 2 rings (SSSR count). The van der Waals surface area contributed by atoms with E-state index >= 15 is 0 Å². The average Bonchev–Trinajstić information content (AvgIpc) is 2.69. The van der Waals surface area contributed by atoms with Crippen molar-refractivity contribution in [2.75, 3.05) is 6.61 Å². The number of rotatable bonds is 3. The predicted molar refractivity (Wildman–Crippen MR) is 91.5 cm³/mol. The van der Waals surface area contributed by atoms with E-state index in [1.807, 2.05) is 0 Å². The number of hydrogen-bond acceptors (Lipinski definition) is 3. The molecule has 0 aromatic heterocycles. The Labute approximate surface area is 139 Å². The Morgan fingerprint density at radius 3 is 2.35 bits per heavy atom. The Bertz CT molecular complexity index is 551. The van der Waals surface area contributed by atoms with Gasteiger partial charge in [-0.3, -0.25) is 9.59 Å². The summed E-state index contributed by atoms with van der Waals surface area (Å²) in [7, 11) is 0. The fourth-order valence-electron chi connectivity index (χ4n) is 3.24. The first kappa shape index (κ1) is 17.7. The monoisotopic (exact) mass is 316 g/mol. The molecule has 1 unspecified atom stereocenters. The van der Waals surface area contributed by atoms with Crippen LogP contribution in [0.3, 0.4) is 0 Å². The van der Waals surface area contributed by atoms with Crippen LogP contribution < -0.4 is 0 Å². The van der Waals surface area contributed by atoms with Gasteiger partial charge in [0.25, 0.3) is 0 Å². The third-order valence-electron chi connectivity index (χ3n) is 4.75. The van der Waals surface area contributed by atoms with E-state index in [9.17, 15) is 9.59 Å². The lowest BCUT2D eigenvalue weighted by Crippen LogP contribution is -2.24. The van der Waals surface area contributed by atoms with E-state index in [0.717, 1.165) is 12.8 Å². The predicted octanol–water partition coefficient (Wildman–Crippen LogP) is 4.39. The summed E-state index contributed by atoms with van der Waals surface area (Å²) in [4.78, 5) is 24.1. The Balaban J connectivity index is 2.08. The molecular formula is C20H28O3. The molecule has 0 aliphatic heterocycles. The van der Waals surface area contributed by atoms with Gasteiger partial charge in [0, 0.05) is 6.42 Å². The van der Waals surface area contributed by atoms with E-state index in [4.69, 9.17) is 4.74 Å². The number of carbonyl (C=O) groups excluding carboxylic acids is 2. The number of esters is 1. The summed E-state index contributed by atoms with van der Waals surface area (Å²) in [6.07, 6.45) is 2.76. The van der Waals surface area contributed by atoms with Crippen LogP contribution in [-0.2, 0) is 19.7 Å². The molecule has 0 saturated heterocycles. The van der Waals surface area contributed by atoms with Gasteiger partial charge in [0.15, 0.2) is 0 Å². The van der Waals surface area contributed by atoms with Gasteiger partial charge in [-0.05, 0) is 48.6 Å². The van der Waals surface area contributed by atoms with Crippen LogP contribution in [-0.4, -0.2) is 18.4 Å². The lowest BCUT2D eigenvalue weighted by molar-refractivity contribution is -0.151. The zero-order valence-corrected chi connectivity index (χ0v) is 14.7. The van der Waals surface area contributed by atoms with Crippen molar-refractivity contribution in [1.29, 1.82) is 0 Å². The van der Waals surface area contributed by atoms with Gasteiger partial charge in [-0.15, -0.1) is 0 Å². The summed E-state index contributed by atoms with van der Waals surface area (Å²) in [5.74, 6) is -0.514. The van der Waals surface area contributed by atoms with Crippen molar-refractivity contribution in [2.24, 2.45) is 5.92 Å². The largest absolute Gasteiger partial charge is 0.465 e. The van der Waals surface area contributed by atoms with Crippen molar-refractivity contribution >= 4 is 11.8 Å². The summed E-state index contributed by atoms with van der Waals surface area (Å²) in [5.41, 5.74) is 2.73.